The lowest BCUT2D eigenvalue weighted by molar-refractivity contribution is -0.123. The number of imidazole rings is 1. The van der Waals surface area contributed by atoms with E-state index in [2.05, 4.69) is 14.9 Å². The van der Waals surface area contributed by atoms with Gasteiger partial charge in [0.2, 0.25) is 5.91 Å². The SMILES string of the molecule is COCCn1c(SC)nc(-c2ccc(F)cc2)c1-c1ccnc(NC(=O)C(C)(C)C)c1. The molecule has 2 aromatic heterocycles. The number of thioether (sulfide) groups is 1. The number of aromatic nitrogens is 3. The molecule has 0 bridgehead atoms. The number of ether oxygens (including phenoxy) is 1. The number of hydrogen-bond acceptors (Lipinski definition) is 5. The van der Waals surface area contributed by atoms with Gasteiger partial charge in [0.25, 0.3) is 0 Å². The zero-order valence-electron chi connectivity index (χ0n) is 18.4. The summed E-state index contributed by atoms with van der Waals surface area (Å²) in [6.07, 6.45) is 3.62. The third-order valence-electron chi connectivity index (χ3n) is 4.71. The van der Waals surface area contributed by atoms with E-state index in [1.807, 2.05) is 39.2 Å². The monoisotopic (exact) mass is 442 g/mol. The predicted octanol–water partition coefficient (Wildman–Crippen LogP) is 5.10. The molecule has 164 valence electrons. The van der Waals surface area contributed by atoms with E-state index in [0.29, 0.717) is 19.0 Å². The first-order valence-corrected chi connectivity index (χ1v) is 11.1. The van der Waals surface area contributed by atoms with Crippen molar-refractivity contribution < 1.29 is 13.9 Å². The molecule has 0 atom stereocenters. The number of nitrogens with one attached hydrogen (secondary N) is 1. The first kappa shape index (κ1) is 23.0. The smallest absolute Gasteiger partial charge is 0.230 e. The first-order valence-electron chi connectivity index (χ1n) is 9.92. The number of benzene rings is 1. The number of amides is 1. The Morgan fingerprint density at radius 2 is 1.90 bits per heavy atom. The Bertz CT molecular complexity index is 1060. The molecule has 0 fully saturated rings. The highest BCUT2D eigenvalue weighted by Crippen LogP contribution is 2.36. The van der Waals surface area contributed by atoms with Gasteiger partial charge in [-0.15, -0.1) is 0 Å². The van der Waals surface area contributed by atoms with Crippen molar-refractivity contribution in [2.75, 3.05) is 25.3 Å². The Morgan fingerprint density at radius 1 is 1.19 bits per heavy atom. The van der Waals surface area contributed by atoms with E-state index >= 15 is 0 Å². The fourth-order valence-corrected chi connectivity index (χ4v) is 3.62. The Kier molecular flexibility index (Phi) is 7.12. The molecule has 0 aliphatic rings. The van der Waals surface area contributed by atoms with Gasteiger partial charge in [-0.05, 0) is 42.7 Å². The van der Waals surface area contributed by atoms with Gasteiger partial charge in [0.1, 0.15) is 11.6 Å². The standard InChI is InChI=1S/C23H27FN4O2S/c1-23(2,3)21(29)26-18-14-16(10-11-25-18)20-19(15-6-8-17(24)9-7-15)27-22(31-5)28(20)12-13-30-4/h6-11,14H,12-13H2,1-5H3,(H,25,26,29). The Labute approximate surface area is 186 Å². The molecule has 0 aliphatic heterocycles. The lowest BCUT2D eigenvalue weighted by atomic mass is 9.96. The number of nitrogens with zero attached hydrogens (tertiary/aromatic N) is 3. The minimum atomic E-state index is -0.538. The maximum atomic E-state index is 13.5. The zero-order chi connectivity index (χ0) is 22.6. The second-order valence-electron chi connectivity index (χ2n) is 8.08. The van der Waals surface area contributed by atoms with Crippen molar-refractivity contribution >= 4 is 23.5 Å². The summed E-state index contributed by atoms with van der Waals surface area (Å²) in [6.45, 7) is 6.66. The Balaban J connectivity index is 2.14. The van der Waals surface area contributed by atoms with E-state index in [1.54, 1.807) is 25.4 Å². The van der Waals surface area contributed by atoms with Gasteiger partial charge in [-0.3, -0.25) is 4.79 Å². The number of anilines is 1. The Morgan fingerprint density at radius 3 is 2.52 bits per heavy atom. The number of methoxy groups -OCH3 is 1. The summed E-state index contributed by atoms with van der Waals surface area (Å²) >= 11 is 1.53. The predicted molar refractivity (Wildman–Crippen MR) is 123 cm³/mol. The molecule has 1 aromatic carbocycles. The number of pyridine rings is 1. The summed E-state index contributed by atoms with van der Waals surface area (Å²) in [7, 11) is 1.66. The van der Waals surface area contributed by atoms with E-state index in [9.17, 15) is 9.18 Å². The maximum absolute atomic E-state index is 13.5. The molecule has 1 amide bonds. The van der Waals surface area contributed by atoms with Gasteiger partial charge in [0.15, 0.2) is 5.16 Å². The van der Waals surface area contributed by atoms with Gasteiger partial charge >= 0.3 is 0 Å². The fraction of sp³-hybridized carbons (Fsp3) is 0.348. The van der Waals surface area contributed by atoms with Crippen molar-refractivity contribution in [2.24, 2.45) is 5.41 Å². The lowest BCUT2D eigenvalue weighted by Gasteiger charge is -2.18. The summed E-state index contributed by atoms with van der Waals surface area (Å²) in [5, 5.41) is 3.71. The van der Waals surface area contributed by atoms with Gasteiger partial charge in [0, 0.05) is 36.4 Å². The van der Waals surface area contributed by atoms with E-state index in [4.69, 9.17) is 9.72 Å². The van der Waals surface area contributed by atoms with Crippen molar-refractivity contribution in [1.29, 1.82) is 0 Å². The van der Waals surface area contributed by atoms with Gasteiger partial charge in [-0.25, -0.2) is 14.4 Å². The Hall–Kier alpha value is -2.71. The van der Waals surface area contributed by atoms with Crippen LogP contribution < -0.4 is 5.32 Å². The summed E-state index contributed by atoms with van der Waals surface area (Å²) < 4.78 is 20.9. The van der Waals surface area contributed by atoms with Crippen LogP contribution in [0.15, 0.2) is 47.8 Å². The number of rotatable bonds is 7. The first-order chi connectivity index (χ1) is 14.7. The van der Waals surface area contributed by atoms with Crippen LogP contribution in [0.5, 0.6) is 0 Å². The van der Waals surface area contributed by atoms with Crippen LogP contribution >= 0.6 is 11.8 Å². The van der Waals surface area contributed by atoms with E-state index < -0.39 is 5.41 Å². The summed E-state index contributed by atoms with van der Waals surface area (Å²) in [5.41, 5.74) is 2.72. The topological polar surface area (TPSA) is 69.0 Å². The minimum absolute atomic E-state index is 0.117. The van der Waals surface area contributed by atoms with E-state index in [1.165, 1.54) is 23.9 Å². The maximum Gasteiger partial charge on any atom is 0.230 e. The average molecular weight is 443 g/mol. The highest BCUT2D eigenvalue weighted by Gasteiger charge is 2.23. The molecule has 3 rings (SSSR count). The molecule has 0 saturated carbocycles. The molecule has 0 saturated heterocycles. The zero-order valence-corrected chi connectivity index (χ0v) is 19.2. The molecule has 0 aliphatic carbocycles. The van der Waals surface area contributed by atoms with Gasteiger partial charge in [0.05, 0.1) is 18.0 Å². The van der Waals surface area contributed by atoms with E-state index in [-0.39, 0.29) is 11.7 Å². The normalized spacial score (nSPS) is 11.5. The number of carbonyl (C=O) groups is 1. The van der Waals surface area contributed by atoms with Crippen LogP contribution in [-0.4, -0.2) is 40.4 Å². The van der Waals surface area contributed by atoms with Crippen molar-refractivity contribution in [3.05, 3.63) is 48.4 Å². The molecule has 3 aromatic rings. The third-order valence-corrected chi connectivity index (χ3v) is 5.38. The van der Waals surface area contributed by atoms with E-state index in [0.717, 1.165) is 27.7 Å². The quantitative estimate of drug-likeness (QED) is 0.515. The number of carbonyl (C=O) groups excluding carboxylic acids is 1. The fourth-order valence-electron chi connectivity index (χ4n) is 3.03. The van der Waals surface area contributed by atoms with Crippen LogP contribution in [0, 0.1) is 11.2 Å². The molecule has 0 spiro atoms. The van der Waals surface area contributed by atoms with Crippen LogP contribution in [0.25, 0.3) is 22.5 Å². The van der Waals surface area contributed by atoms with Crippen molar-refractivity contribution in [2.45, 2.75) is 32.5 Å². The second-order valence-corrected chi connectivity index (χ2v) is 8.85. The lowest BCUT2D eigenvalue weighted by Crippen LogP contribution is -2.28. The molecular formula is C23H27FN4O2S. The molecule has 8 heteroatoms. The summed E-state index contributed by atoms with van der Waals surface area (Å²) in [4.78, 5) is 21.6. The number of hydrogen-bond donors (Lipinski definition) is 1. The highest BCUT2D eigenvalue weighted by atomic mass is 32.2. The van der Waals surface area contributed by atoms with Crippen LogP contribution in [0.1, 0.15) is 20.8 Å². The summed E-state index contributed by atoms with van der Waals surface area (Å²) in [5.74, 6) is 0.0478. The van der Waals surface area contributed by atoms with Crippen molar-refractivity contribution in [3.8, 4) is 22.5 Å². The van der Waals surface area contributed by atoms with Crippen LogP contribution in [0.2, 0.25) is 0 Å². The molecule has 31 heavy (non-hydrogen) atoms. The van der Waals surface area contributed by atoms with Crippen molar-refractivity contribution in [1.82, 2.24) is 14.5 Å². The van der Waals surface area contributed by atoms with Crippen LogP contribution in [0.3, 0.4) is 0 Å². The number of halogens is 1. The summed E-state index contributed by atoms with van der Waals surface area (Å²) in [6, 6.07) is 10.00. The average Bonchev–Trinajstić information content (AvgIpc) is 3.10. The molecule has 0 unspecified atom stereocenters. The van der Waals surface area contributed by atoms with Crippen LogP contribution in [-0.2, 0) is 16.1 Å². The molecular weight excluding hydrogens is 415 g/mol. The van der Waals surface area contributed by atoms with Gasteiger partial charge < -0.3 is 14.6 Å². The largest absolute Gasteiger partial charge is 0.383 e. The molecule has 0 radical (unpaired) electrons. The van der Waals surface area contributed by atoms with Gasteiger partial charge in [-0.2, -0.15) is 0 Å². The highest BCUT2D eigenvalue weighted by molar-refractivity contribution is 7.98. The molecule has 2 heterocycles. The molecule has 1 N–H and O–H groups in total. The van der Waals surface area contributed by atoms with Gasteiger partial charge in [-0.1, -0.05) is 32.5 Å². The second kappa shape index (κ2) is 9.62. The third kappa shape index (κ3) is 5.32. The molecule has 6 nitrogen and oxygen atoms in total. The van der Waals surface area contributed by atoms with Crippen molar-refractivity contribution in [3.63, 3.8) is 0 Å². The van der Waals surface area contributed by atoms with Crippen LogP contribution in [0.4, 0.5) is 10.2 Å². The minimum Gasteiger partial charge on any atom is -0.383 e.